The number of nitrogens with one attached hydrogen (secondary N) is 1. The summed E-state index contributed by atoms with van der Waals surface area (Å²) in [4.78, 5) is 16.8. The molecule has 0 spiro atoms. The van der Waals surface area contributed by atoms with Crippen LogP contribution in [0, 0.1) is 11.2 Å². The Bertz CT molecular complexity index is 1350. The molecule has 0 saturated heterocycles. The van der Waals surface area contributed by atoms with E-state index in [2.05, 4.69) is 10.1 Å². The molecule has 0 saturated carbocycles. The fraction of sp³-hybridized carbons (Fsp3) is 0.0400. The molecule has 33 heavy (non-hydrogen) atoms. The molecular weight excluding hydrogens is 439 g/mol. The molecule has 3 aromatic carbocycles. The first-order valence-electron chi connectivity index (χ1n) is 10.1. The van der Waals surface area contributed by atoms with Gasteiger partial charge in [-0.05, 0) is 41.6 Å². The molecule has 0 radical (unpaired) electrons. The number of fused-ring (bicyclic) bond motifs is 1. The van der Waals surface area contributed by atoms with Gasteiger partial charge in [-0.2, -0.15) is 15.1 Å². The highest BCUT2D eigenvalue weighted by Gasteiger charge is 2.35. The van der Waals surface area contributed by atoms with Crippen molar-refractivity contribution in [3.8, 4) is 5.75 Å². The maximum atomic E-state index is 13.8. The summed E-state index contributed by atoms with van der Waals surface area (Å²) >= 11 is 1.26. The predicted molar refractivity (Wildman–Crippen MR) is 128 cm³/mol. The highest BCUT2D eigenvalue weighted by Crippen LogP contribution is 2.31. The van der Waals surface area contributed by atoms with E-state index in [9.17, 15) is 9.18 Å². The number of amidine groups is 2. The second-order valence-electron chi connectivity index (χ2n) is 7.24. The van der Waals surface area contributed by atoms with E-state index < -0.39 is 5.91 Å². The van der Waals surface area contributed by atoms with E-state index in [0.29, 0.717) is 27.1 Å². The Morgan fingerprint density at radius 1 is 1.03 bits per heavy atom. The number of benzene rings is 3. The molecule has 0 bridgehead atoms. The van der Waals surface area contributed by atoms with E-state index in [1.807, 2.05) is 30.3 Å². The van der Waals surface area contributed by atoms with E-state index >= 15 is 0 Å². The summed E-state index contributed by atoms with van der Waals surface area (Å²) in [6.07, 6.45) is 1.58. The van der Waals surface area contributed by atoms with Crippen molar-refractivity contribution in [2.45, 2.75) is 6.61 Å². The van der Waals surface area contributed by atoms with Crippen LogP contribution in [-0.4, -0.2) is 27.0 Å². The first kappa shape index (κ1) is 20.8. The van der Waals surface area contributed by atoms with Crippen LogP contribution < -0.4 is 4.74 Å². The number of nitrogens with zero attached hydrogens (tertiary/aromatic N) is 3. The highest BCUT2D eigenvalue weighted by atomic mass is 32.2. The number of hydrogen-bond donors (Lipinski definition) is 1. The number of carbonyl (C=O) groups is 1. The topological polar surface area (TPSA) is 78.1 Å². The van der Waals surface area contributed by atoms with Gasteiger partial charge in [-0.15, -0.1) is 0 Å². The molecule has 0 fully saturated rings. The summed E-state index contributed by atoms with van der Waals surface area (Å²) in [5, 5.41) is 15.4. The van der Waals surface area contributed by atoms with Crippen LogP contribution in [0.2, 0.25) is 0 Å². The first-order valence-corrected chi connectivity index (χ1v) is 10.9. The zero-order chi connectivity index (χ0) is 22.8. The molecule has 6 nitrogen and oxygen atoms in total. The molecule has 5 rings (SSSR count). The Kier molecular flexibility index (Phi) is 5.58. The third kappa shape index (κ3) is 4.33. The number of amides is 1. The van der Waals surface area contributed by atoms with Gasteiger partial charge in [0, 0.05) is 11.1 Å². The molecule has 1 amide bonds. The van der Waals surface area contributed by atoms with Crippen molar-refractivity contribution >= 4 is 39.8 Å². The number of carbonyl (C=O) groups excluding carboxylic acids is 1. The van der Waals surface area contributed by atoms with Crippen molar-refractivity contribution in [1.29, 1.82) is 5.41 Å². The van der Waals surface area contributed by atoms with E-state index in [-0.39, 0.29) is 23.8 Å². The molecule has 1 N–H and O–H groups in total. The lowest BCUT2D eigenvalue weighted by Crippen LogP contribution is -2.35. The van der Waals surface area contributed by atoms with Gasteiger partial charge in [0.05, 0.1) is 5.57 Å². The highest BCUT2D eigenvalue weighted by molar-refractivity contribution is 8.27. The number of rotatable bonds is 5. The lowest BCUT2D eigenvalue weighted by atomic mass is 10.1. The molecule has 162 valence electrons. The summed E-state index contributed by atoms with van der Waals surface area (Å²) in [5.74, 6) is -0.348. The molecule has 0 atom stereocenters. The van der Waals surface area contributed by atoms with Gasteiger partial charge < -0.3 is 4.74 Å². The smallest absolute Gasteiger partial charge is 0.283 e. The number of aliphatic imine (C=N–C) groups is 1. The van der Waals surface area contributed by atoms with Crippen LogP contribution in [0.25, 0.3) is 6.08 Å². The van der Waals surface area contributed by atoms with Gasteiger partial charge in [0.1, 0.15) is 23.2 Å². The number of halogens is 1. The van der Waals surface area contributed by atoms with Crippen LogP contribution in [-0.2, 0) is 11.4 Å². The van der Waals surface area contributed by atoms with Crippen LogP contribution >= 0.6 is 11.8 Å². The lowest BCUT2D eigenvalue weighted by Gasteiger charge is -2.20. The summed E-state index contributed by atoms with van der Waals surface area (Å²) in [6, 6.07) is 23.0. The largest absolute Gasteiger partial charge is 0.489 e. The Morgan fingerprint density at radius 2 is 1.82 bits per heavy atom. The minimum atomic E-state index is -0.499. The molecule has 2 heterocycles. The van der Waals surface area contributed by atoms with Crippen molar-refractivity contribution in [2.24, 2.45) is 10.1 Å². The number of thioether (sulfide) groups is 1. The molecule has 2 aliphatic rings. The van der Waals surface area contributed by atoms with Gasteiger partial charge >= 0.3 is 0 Å². The summed E-state index contributed by atoms with van der Waals surface area (Å²) < 4.78 is 19.5. The van der Waals surface area contributed by atoms with Crippen LogP contribution in [0.4, 0.5) is 4.39 Å². The van der Waals surface area contributed by atoms with Crippen LogP contribution in [0.1, 0.15) is 16.7 Å². The second kappa shape index (κ2) is 8.84. The molecule has 0 aliphatic carbocycles. The van der Waals surface area contributed by atoms with Gasteiger partial charge in [0.15, 0.2) is 5.84 Å². The molecule has 2 aliphatic heterocycles. The molecular formula is C25H17FN4O2S. The quantitative estimate of drug-likeness (QED) is 0.544. The van der Waals surface area contributed by atoms with Gasteiger partial charge in [-0.25, -0.2) is 4.39 Å². The maximum Gasteiger partial charge on any atom is 0.283 e. The van der Waals surface area contributed by atoms with Crippen molar-refractivity contribution < 1.29 is 13.9 Å². The second-order valence-corrected chi connectivity index (χ2v) is 8.20. The van der Waals surface area contributed by atoms with Gasteiger partial charge in [-0.3, -0.25) is 10.2 Å². The minimum absolute atomic E-state index is 0.0406. The van der Waals surface area contributed by atoms with Gasteiger partial charge in [0.25, 0.3) is 5.91 Å². The zero-order valence-electron chi connectivity index (χ0n) is 17.2. The Labute approximate surface area is 193 Å². The molecule has 0 aromatic heterocycles. The standard InChI is InChI=1S/C25H17FN4O2S/c26-21-12-5-4-10-18(21)15-32-19-11-6-7-16(13-19)14-20-22(27)30-25(28-23(20)31)33-24(29-30)17-8-2-1-3-9-17/h1-14,27H,15H2/b20-14-,27-22?. The predicted octanol–water partition coefficient (Wildman–Crippen LogP) is 5.07. The Balaban J connectivity index is 1.37. The third-order valence-electron chi connectivity index (χ3n) is 5.00. The van der Waals surface area contributed by atoms with Crippen LogP contribution in [0.5, 0.6) is 5.75 Å². The fourth-order valence-corrected chi connectivity index (χ4v) is 4.22. The molecule has 0 unspecified atom stereocenters. The average molecular weight is 457 g/mol. The summed E-state index contributed by atoms with van der Waals surface area (Å²) in [6.45, 7) is 0.0804. The van der Waals surface area contributed by atoms with Crippen molar-refractivity contribution in [3.63, 3.8) is 0 Å². The Hall–Kier alpha value is -4.04. The van der Waals surface area contributed by atoms with Crippen molar-refractivity contribution in [3.05, 3.63) is 107 Å². The SMILES string of the molecule is N=C1/C(=C/c2cccc(OCc3ccccc3F)c2)C(=O)N=C2SC(c3ccccc3)=NN12. The molecule has 3 aromatic rings. The Morgan fingerprint density at radius 3 is 2.64 bits per heavy atom. The van der Waals surface area contributed by atoms with Crippen molar-refractivity contribution in [2.75, 3.05) is 0 Å². The lowest BCUT2D eigenvalue weighted by molar-refractivity contribution is -0.114. The van der Waals surface area contributed by atoms with Gasteiger partial charge in [0.2, 0.25) is 5.17 Å². The summed E-state index contributed by atoms with van der Waals surface area (Å²) in [5.41, 5.74) is 2.13. The van der Waals surface area contributed by atoms with Crippen molar-refractivity contribution in [1.82, 2.24) is 5.01 Å². The first-order chi connectivity index (χ1) is 16.1. The van der Waals surface area contributed by atoms with E-state index in [1.54, 1.807) is 48.5 Å². The fourth-order valence-electron chi connectivity index (χ4n) is 3.33. The number of ether oxygens (including phenoxy) is 1. The van der Waals surface area contributed by atoms with E-state index in [0.717, 1.165) is 5.56 Å². The third-order valence-corrected chi connectivity index (χ3v) is 5.95. The van der Waals surface area contributed by atoms with Crippen LogP contribution in [0.3, 0.4) is 0 Å². The van der Waals surface area contributed by atoms with E-state index in [4.69, 9.17) is 10.1 Å². The summed E-state index contributed by atoms with van der Waals surface area (Å²) in [7, 11) is 0. The molecule has 8 heteroatoms. The average Bonchev–Trinajstić information content (AvgIpc) is 3.26. The maximum absolute atomic E-state index is 13.8. The minimum Gasteiger partial charge on any atom is -0.489 e. The van der Waals surface area contributed by atoms with Gasteiger partial charge in [-0.1, -0.05) is 60.7 Å². The number of hydrogen-bond acceptors (Lipinski definition) is 5. The normalized spacial score (nSPS) is 16.5. The van der Waals surface area contributed by atoms with Crippen LogP contribution in [0.15, 0.2) is 94.5 Å². The zero-order valence-corrected chi connectivity index (χ0v) is 18.1. The monoisotopic (exact) mass is 456 g/mol. The number of hydrazone groups is 1. The van der Waals surface area contributed by atoms with E-state index in [1.165, 1.54) is 22.8 Å².